The quantitative estimate of drug-likeness (QED) is 0.894. The predicted molar refractivity (Wildman–Crippen MR) is 67.1 cm³/mol. The van der Waals surface area contributed by atoms with Gasteiger partial charge in [0.05, 0.1) is 0 Å². The van der Waals surface area contributed by atoms with Crippen molar-refractivity contribution in [2.24, 2.45) is 5.73 Å². The number of carbonyl (C=O) groups is 1. The fraction of sp³-hybridized carbons (Fsp3) is 0.417. The van der Waals surface area contributed by atoms with Crippen LogP contribution in [0.25, 0.3) is 0 Å². The summed E-state index contributed by atoms with van der Waals surface area (Å²) in [7, 11) is -4.03. The number of rotatable bonds is 3. The van der Waals surface area contributed by atoms with Crippen molar-refractivity contribution in [1.82, 2.24) is 4.31 Å². The molecule has 2 rings (SSSR count). The minimum absolute atomic E-state index is 0.185. The van der Waals surface area contributed by atoms with Crippen molar-refractivity contribution in [3.63, 3.8) is 0 Å². The molecule has 1 saturated heterocycles. The molecule has 1 unspecified atom stereocenters. The van der Waals surface area contributed by atoms with Crippen molar-refractivity contribution in [3.05, 3.63) is 30.1 Å². The number of benzene rings is 1. The number of sulfonamides is 1. The highest BCUT2D eigenvalue weighted by Crippen LogP contribution is 2.26. The second-order valence-electron chi connectivity index (χ2n) is 4.46. The molecule has 1 amide bonds. The summed E-state index contributed by atoms with van der Waals surface area (Å²) in [4.78, 5) is 10.9. The van der Waals surface area contributed by atoms with E-state index in [-0.39, 0.29) is 6.54 Å². The van der Waals surface area contributed by atoms with Gasteiger partial charge in [0.15, 0.2) is 0 Å². The molecule has 1 fully saturated rings. The van der Waals surface area contributed by atoms with Gasteiger partial charge < -0.3 is 5.73 Å². The first-order valence-electron chi connectivity index (χ1n) is 6.00. The largest absolute Gasteiger partial charge is 0.368 e. The van der Waals surface area contributed by atoms with Crippen LogP contribution in [0, 0.1) is 5.82 Å². The van der Waals surface area contributed by atoms with Crippen LogP contribution in [0.3, 0.4) is 0 Å². The number of piperidine rings is 1. The van der Waals surface area contributed by atoms with Gasteiger partial charge in [0.25, 0.3) is 0 Å². The van der Waals surface area contributed by atoms with Gasteiger partial charge in [-0.15, -0.1) is 0 Å². The Morgan fingerprint density at radius 1 is 1.32 bits per heavy atom. The molecule has 0 aromatic heterocycles. The SMILES string of the molecule is NC(=O)C1CCCCN1S(=O)(=O)c1ccccc1F. The molecule has 0 aliphatic carbocycles. The second-order valence-corrected chi connectivity index (χ2v) is 6.32. The molecule has 0 radical (unpaired) electrons. The lowest BCUT2D eigenvalue weighted by Gasteiger charge is -2.32. The first kappa shape index (κ1) is 14.0. The smallest absolute Gasteiger partial charge is 0.246 e. The van der Waals surface area contributed by atoms with Crippen molar-refractivity contribution in [1.29, 1.82) is 0 Å². The standard InChI is InChI=1S/C12H15FN2O3S/c13-9-5-1-2-7-11(9)19(17,18)15-8-4-3-6-10(15)12(14)16/h1-2,5,7,10H,3-4,6,8H2,(H2,14,16). The lowest BCUT2D eigenvalue weighted by atomic mass is 10.0. The molecule has 104 valence electrons. The fourth-order valence-corrected chi connectivity index (χ4v) is 3.99. The van der Waals surface area contributed by atoms with E-state index in [1.54, 1.807) is 0 Å². The fourth-order valence-electron chi connectivity index (χ4n) is 2.26. The van der Waals surface area contributed by atoms with Crippen LogP contribution in [0.1, 0.15) is 19.3 Å². The van der Waals surface area contributed by atoms with E-state index in [1.807, 2.05) is 0 Å². The second kappa shape index (κ2) is 5.26. The van der Waals surface area contributed by atoms with Gasteiger partial charge in [0.1, 0.15) is 16.8 Å². The van der Waals surface area contributed by atoms with Crippen LogP contribution in [0.2, 0.25) is 0 Å². The zero-order valence-electron chi connectivity index (χ0n) is 10.3. The minimum atomic E-state index is -4.03. The molecule has 1 atom stereocenters. The Morgan fingerprint density at radius 3 is 2.63 bits per heavy atom. The highest BCUT2D eigenvalue weighted by molar-refractivity contribution is 7.89. The number of nitrogens with zero attached hydrogens (tertiary/aromatic N) is 1. The van der Waals surface area contributed by atoms with Gasteiger partial charge >= 0.3 is 0 Å². The maximum Gasteiger partial charge on any atom is 0.246 e. The zero-order valence-corrected chi connectivity index (χ0v) is 11.1. The third-order valence-corrected chi connectivity index (χ3v) is 5.15. The molecule has 7 heteroatoms. The molecule has 2 N–H and O–H groups in total. The van der Waals surface area contributed by atoms with Gasteiger partial charge in [-0.25, -0.2) is 12.8 Å². The number of primary amides is 1. The van der Waals surface area contributed by atoms with Crippen LogP contribution in [0.15, 0.2) is 29.2 Å². The third kappa shape index (κ3) is 2.62. The maximum atomic E-state index is 13.6. The third-order valence-electron chi connectivity index (χ3n) is 3.21. The van der Waals surface area contributed by atoms with E-state index in [4.69, 9.17) is 5.73 Å². The summed E-state index contributed by atoms with van der Waals surface area (Å²) >= 11 is 0. The van der Waals surface area contributed by atoms with E-state index in [2.05, 4.69) is 0 Å². The summed E-state index contributed by atoms with van der Waals surface area (Å²) in [6.45, 7) is 0.185. The lowest BCUT2D eigenvalue weighted by Crippen LogP contribution is -2.50. The Kier molecular flexibility index (Phi) is 3.86. The Bertz CT molecular complexity index is 588. The van der Waals surface area contributed by atoms with Gasteiger partial charge in [0, 0.05) is 6.54 Å². The van der Waals surface area contributed by atoms with Crippen molar-refractivity contribution in [2.45, 2.75) is 30.2 Å². The van der Waals surface area contributed by atoms with Crippen molar-refractivity contribution >= 4 is 15.9 Å². The van der Waals surface area contributed by atoms with Gasteiger partial charge in [-0.05, 0) is 25.0 Å². The molecular weight excluding hydrogens is 271 g/mol. The topological polar surface area (TPSA) is 80.5 Å². The van der Waals surface area contributed by atoms with E-state index in [0.717, 1.165) is 16.8 Å². The normalized spacial score (nSPS) is 21.2. The van der Waals surface area contributed by atoms with Gasteiger partial charge in [-0.3, -0.25) is 4.79 Å². The summed E-state index contributed by atoms with van der Waals surface area (Å²) in [5.41, 5.74) is 5.23. The van der Waals surface area contributed by atoms with E-state index in [0.29, 0.717) is 12.8 Å². The molecule has 19 heavy (non-hydrogen) atoms. The average Bonchev–Trinajstić information content (AvgIpc) is 2.39. The average molecular weight is 286 g/mol. The number of halogens is 1. The lowest BCUT2D eigenvalue weighted by molar-refractivity contribution is -0.122. The van der Waals surface area contributed by atoms with Crippen molar-refractivity contribution < 1.29 is 17.6 Å². The summed E-state index contributed by atoms with van der Waals surface area (Å²) < 4.78 is 39.5. The van der Waals surface area contributed by atoms with E-state index >= 15 is 0 Å². The number of carbonyl (C=O) groups excluding carboxylic acids is 1. The number of hydrogen-bond donors (Lipinski definition) is 1. The van der Waals surface area contributed by atoms with Gasteiger partial charge in [-0.2, -0.15) is 4.31 Å². The molecular formula is C12H15FN2O3S. The number of amides is 1. The van der Waals surface area contributed by atoms with Crippen LogP contribution < -0.4 is 5.73 Å². The molecule has 1 aromatic carbocycles. The molecule has 0 bridgehead atoms. The number of hydrogen-bond acceptors (Lipinski definition) is 3. The van der Waals surface area contributed by atoms with Gasteiger partial charge in [-0.1, -0.05) is 18.6 Å². The highest BCUT2D eigenvalue weighted by Gasteiger charge is 2.37. The van der Waals surface area contributed by atoms with Crippen LogP contribution in [-0.4, -0.2) is 31.2 Å². The van der Waals surface area contributed by atoms with Crippen LogP contribution in [0.4, 0.5) is 4.39 Å². The predicted octanol–water partition coefficient (Wildman–Crippen LogP) is 0.854. The van der Waals surface area contributed by atoms with Crippen LogP contribution in [-0.2, 0) is 14.8 Å². The maximum absolute atomic E-state index is 13.6. The van der Waals surface area contributed by atoms with Gasteiger partial charge in [0.2, 0.25) is 15.9 Å². The molecule has 5 nitrogen and oxygen atoms in total. The molecule has 1 aliphatic heterocycles. The summed E-state index contributed by atoms with van der Waals surface area (Å²) in [5, 5.41) is 0. The summed E-state index contributed by atoms with van der Waals surface area (Å²) in [5.74, 6) is -1.52. The zero-order chi connectivity index (χ0) is 14.0. The highest BCUT2D eigenvalue weighted by atomic mass is 32.2. The Labute approximate surface area is 111 Å². The molecule has 1 aromatic rings. The monoisotopic (exact) mass is 286 g/mol. The van der Waals surface area contributed by atoms with Crippen LogP contribution in [0.5, 0.6) is 0 Å². The van der Waals surface area contributed by atoms with Crippen LogP contribution >= 0.6 is 0 Å². The van der Waals surface area contributed by atoms with Crippen molar-refractivity contribution in [2.75, 3.05) is 6.54 Å². The van der Waals surface area contributed by atoms with E-state index in [9.17, 15) is 17.6 Å². The summed E-state index contributed by atoms with van der Waals surface area (Å²) in [6.07, 6.45) is 1.75. The molecule has 0 spiro atoms. The molecule has 1 heterocycles. The Balaban J connectivity index is 2.43. The van der Waals surface area contributed by atoms with E-state index < -0.39 is 32.7 Å². The first-order valence-corrected chi connectivity index (χ1v) is 7.44. The van der Waals surface area contributed by atoms with E-state index in [1.165, 1.54) is 18.2 Å². The minimum Gasteiger partial charge on any atom is -0.368 e. The number of nitrogens with two attached hydrogens (primary N) is 1. The molecule has 0 saturated carbocycles. The Morgan fingerprint density at radius 2 is 2.00 bits per heavy atom. The van der Waals surface area contributed by atoms with Crippen molar-refractivity contribution in [3.8, 4) is 0 Å². The Hall–Kier alpha value is -1.47. The summed E-state index contributed by atoms with van der Waals surface area (Å²) in [6, 6.07) is 4.24. The first-order chi connectivity index (χ1) is 8.94. The molecule has 1 aliphatic rings.